The van der Waals surface area contributed by atoms with Crippen LogP contribution in [-0.2, 0) is 81.5 Å². The number of nitrogens with one attached hydrogen (secondary N) is 10. The Hall–Kier alpha value is -9.09. The number of primary amides is 1. The molecule has 534 valence electrons. The van der Waals surface area contributed by atoms with E-state index in [0.29, 0.717) is 12.8 Å². The van der Waals surface area contributed by atoms with Crippen LogP contribution in [0, 0.1) is 17.8 Å². The number of aliphatic carboxylic acids is 4. The summed E-state index contributed by atoms with van der Waals surface area (Å²) in [5.41, 5.74) is 16.6. The van der Waals surface area contributed by atoms with Gasteiger partial charge in [-0.1, -0.05) is 41.5 Å². The molecule has 0 saturated carbocycles. The highest BCUT2D eigenvalue weighted by Gasteiger charge is 2.44. The number of nitrogens with two attached hydrogens (primary N) is 3. The van der Waals surface area contributed by atoms with Gasteiger partial charge in [0.25, 0.3) is 0 Å². The number of rotatable bonds is 42. The lowest BCUT2D eigenvalue weighted by Crippen LogP contribution is -2.61. The Kier molecular flexibility index (Phi) is 34.7. The van der Waals surface area contributed by atoms with Crippen LogP contribution < -0.4 is 70.4 Å². The number of amides is 13. The fourth-order valence-electron chi connectivity index (χ4n) is 10.3. The van der Waals surface area contributed by atoms with Crippen LogP contribution in [0.2, 0.25) is 0 Å². The van der Waals surface area contributed by atoms with E-state index >= 15 is 0 Å². The molecule has 0 aromatic heterocycles. The first-order valence-corrected chi connectivity index (χ1v) is 31.6. The molecule has 2 fully saturated rings. The minimum Gasteiger partial charge on any atom is -0.481 e. The minimum atomic E-state index is -1.92. The van der Waals surface area contributed by atoms with Crippen LogP contribution in [0.3, 0.4) is 0 Å². The first kappa shape index (κ1) is 82.0. The van der Waals surface area contributed by atoms with Gasteiger partial charge >= 0.3 is 23.9 Å². The lowest BCUT2D eigenvalue weighted by molar-refractivity contribution is -0.147. The average molecular weight is 1350 g/mol. The predicted octanol–water partition coefficient (Wildman–Crippen LogP) is -5.14. The van der Waals surface area contributed by atoms with Crippen molar-refractivity contribution in [1.82, 2.24) is 63.0 Å². The maximum absolute atomic E-state index is 14.6. The van der Waals surface area contributed by atoms with Crippen LogP contribution in [0.15, 0.2) is 0 Å². The van der Waals surface area contributed by atoms with Gasteiger partial charge in [0.15, 0.2) is 0 Å². The SMILES string of the molecule is CC(C)C[C@H](NC(=O)[C@@H]1CCCN1C(=O)[C@@H](NC(=O)[C@@H]1CCCN1C(=O)[C@H](CCC(=O)O)NC(=O)[C@H](C)NC(=O)[C@H](C)NC(=O)CNC(=O)[C@@H](N)CCC(=O)O)C(C)C)C(=O)N[C@H](C(=O)N[C@@H](CCCCN)C(=O)N[C@@H](CCC(N)=O)C(=O)N[C@@H](CC(=O)O)C(=O)O)C(C)C. The third-order valence-electron chi connectivity index (χ3n) is 15.6. The average Bonchev–Trinajstić information content (AvgIpc) is 1.74. The first-order chi connectivity index (χ1) is 44.4. The van der Waals surface area contributed by atoms with Gasteiger partial charge in [-0.15, -0.1) is 0 Å². The Labute approximate surface area is 549 Å². The van der Waals surface area contributed by atoms with Crippen LogP contribution in [0.1, 0.15) is 152 Å². The zero-order chi connectivity index (χ0) is 72.1. The van der Waals surface area contributed by atoms with E-state index in [1.807, 2.05) is 5.32 Å². The summed E-state index contributed by atoms with van der Waals surface area (Å²) in [6.07, 6.45) is -2.20. The van der Waals surface area contributed by atoms with E-state index in [2.05, 4.69) is 47.9 Å². The minimum absolute atomic E-state index is 0.0225. The van der Waals surface area contributed by atoms with Gasteiger partial charge in [0.1, 0.15) is 66.5 Å². The maximum atomic E-state index is 14.6. The quantitative estimate of drug-likeness (QED) is 0.0254. The molecule has 0 radical (unpaired) electrons. The maximum Gasteiger partial charge on any atom is 0.326 e. The van der Waals surface area contributed by atoms with Crippen molar-refractivity contribution in [2.75, 3.05) is 26.2 Å². The molecule has 13 amide bonds. The highest BCUT2D eigenvalue weighted by atomic mass is 16.4. The smallest absolute Gasteiger partial charge is 0.326 e. The number of carbonyl (C=O) groups excluding carboxylic acids is 13. The van der Waals surface area contributed by atoms with E-state index in [1.165, 1.54) is 18.7 Å². The summed E-state index contributed by atoms with van der Waals surface area (Å²) in [7, 11) is 0. The van der Waals surface area contributed by atoms with Gasteiger partial charge in [-0.2, -0.15) is 0 Å². The Morgan fingerprint density at radius 1 is 0.463 bits per heavy atom. The molecule has 36 nitrogen and oxygen atoms in total. The lowest BCUT2D eigenvalue weighted by Gasteiger charge is -2.33. The van der Waals surface area contributed by atoms with E-state index in [-0.39, 0.29) is 70.5 Å². The third-order valence-corrected chi connectivity index (χ3v) is 15.6. The molecule has 0 spiro atoms. The van der Waals surface area contributed by atoms with Gasteiger partial charge in [0, 0.05) is 32.4 Å². The Morgan fingerprint density at radius 2 is 0.937 bits per heavy atom. The highest BCUT2D eigenvalue weighted by molar-refractivity contribution is 6.00. The molecule has 0 unspecified atom stereocenters. The summed E-state index contributed by atoms with van der Waals surface area (Å²) < 4.78 is 0. The van der Waals surface area contributed by atoms with Crippen molar-refractivity contribution in [1.29, 1.82) is 0 Å². The van der Waals surface area contributed by atoms with Crippen molar-refractivity contribution in [3.8, 4) is 0 Å². The van der Waals surface area contributed by atoms with Gasteiger partial charge in [-0.3, -0.25) is 76.7 Å². The number of nitrogens with zero attached hydrogens (tertiary/aromatic N) is 2. The molecule has 0 aliphatic carbocycles. The number of hydrogen-bond donors (Lipinski definition) is 17. The van der Waals surface area contributed by atoms with Crippen molar-refractivity contribution in [3.05, 3.63) is 0 Å². The molecule has 2 heterocycles. The standard InChI is InChI=1S/C59H97N15O21/c1-28(2)25-37(53(88)71-46(29(3)4)56(91)67-34(13-9-10-22-60)51(86)66-35(17-19-41(62)75)52(87)70-38(59(94)95)26-45(81)82)69-54(89)39-14-12-24-74(39)58(93)47(30(5)6)72-55(90)40-15-11-23-73(40)57(92)36(18-21-44(79)80)68-49(84)32(8)65-48(83)31(7)64-42(76)27-63-50(85)33(61)16-20-43(77)78/h28-40,46-47H,9-27,60-61H2,1-8H3,(H2,62,75)(H,63,85)(H,64,76)(H,65,83)(H,66,86)(H,67,91)(H,68,84)(H,69,89)(H,70,87)(H,71,88)(H,72,90)(H,77,78)(H,79,80)(H,81,82)(H,94,95)/t31-,32-,33-,34-,35-,36-,37-,38-,39-,40-,46-,47-/m0/s1. The molecule has 2 saturated heterocycles. The van der Waals surface area contributed by atoms with Crippen molar-refractivity contribution in [3.63, 3.8) is 0 Å². The highest BCUT2D eigenvalue weighted by Crippen LogP contribution is 2.24. The van der Waals surface area contributed by atoms with Crippen LogP contribution >= 0.6 is 0 Å². The Bertz CT molecular complexity index is 2790. The second kappa shape index (κ2) is 40.2. The van der Waals surface area contributed by atoms with E-state index in [9.17, 15) is 96.8 Å². The van der Waals surface area contributed by atoms with Crippen molar-refractivity contribution >= 4 is 101 Å². The lowest BCUT2D eigenvalue weighted by atomic mass is 9.98. The number of likely N-dealkylation sites (tertiary alicyclic amines) is 2. The van der Waals surface area contributed by atoms with Crippen LogP contribution in [0.5, 0.6) is 0 Å². The van der Waals surface area contributed by atoms with Gasteiger partial charge < -0.3 is 101 Å². The van der Waals surface area contributed by atoms with Crippen LogP contribution in [0.25, 0.3) is 0 Å². The molecule has 2 rings (SSSR count). The summed E-state index contributed by atoms with van der Waals surface area (Å²) in [4.78, 5) is 224. The molecular formula is C59H97N15O21. The summed E-state index contributed by atoms with van der Waals surface area (Å²) >= 11 is 0. The molecule has 12 atom stereocenters. The number of carbonyl (C=O) groups is 17. The summed E-state index contributed by atoms with van der Waals surface area (Å²) in [6, 6.07) is -16.8. The van der Waals surface area contributed by atoms with E-state index in [0.717, 1.165) is 4.90 Å². The normalized spacial score (nSPS) is 17.6. The first-order valence-electron chi connectivity index (χ1n) is 31.6. The predicted molar refractivity (Wildman–Crippen MR) is 333 cm³/mol. The largest absolute Gasteiger partial charge is 0.481 e. The van der Waals surface area contributed by atoms with Gasteiger partial charge in [-0.25, -0.2) is 4.79 Å². The Morgan fingerprint density at radius 3 is 1.45 bits per heavy atom. The number of carboxylic acids is 4. The molecule has 20 N–H and O–H groups in total. The zero-order valence-corrected chi connectivity index (χ0v) is 55.0. The van der Waals surface area contributed by atoms with E-state index in [1.54, 1.807) is 41.5 Å². The van der Waals surface area contributed by atoms with Gasteiger partial charge in [0.2, 0.25) is 76.8 Å². The number of carboxylic acid groups (broad SMARTS) is 4. The van der Waals surface area contributed by atoms with Crippen molar-refractivity contribution in [2.45, 2.75) is 224 Å². The van der Waals surface area contributed by atoms with Crippen molar-refractivity contribution in [2.24, 2.45) is 35.0 Å². The molecule has 0 aromatic rings. The second-order valence-corrected chi connectivity index (χ2v) is 24.7. The van der Waals surface area contributed by atoms with Gasteiger partial charge in [-0.05, 0) is 109 Å². The van der Waals surface area contributed by atoms with E-state index in [4.69, 9.17) is 22.3 Å². The topological polar surface area (TPSA) is 576 Å². The molecule has 2 aliphatic rings. The summed E-state index contributed by atoms with van der Waals surface area (Å²) in [6.45, 7) is 12.1. The number of hydrogen-bond acceptors (Lipinski definition) is 19. The third kappa shape index (κ3) is 28.2. The Balaban J connectivity index is 2.28. The molecule has 0 aromatic carbocycles. The van der Waals surface area contributed by atoms with Crippen LogP contribution in [0.4, 0.5) is 0 Å². The fourth-order valence-corrected chi connectivity index (χ4v) is 10.3. The monoisotopic (exact) mass is 1350 g/mol. The fraction of sp³-hybridized carbons (Fsp3) is 0.712. The molecular weight excluding hydrogens is 1250 g/mol. The second-order valence-electron chi connectivity index (χ2n) is 24.7. The van der Waals surface area contributed by atoms with Crippen molar-refractivity contribution < 1.29 is 102 Å². The van der Waals surface area contributed by atoms with Crippen LogP contribution in [-0.4, -0.2) is 230 Å². The van der Waals surface area contributed by atoms with E-state index < -0.39 is 230 Å². The van der Waals surface area contributed by atoms with Gasteiger partial charge in [0.05, 0.1) is 19.0 Å². The summed E-state index contributed by atoms with van der Waals surface area (Å²) in [5, 5.41) is 61.6. The summed E-state index contributed by atoms with van der Waals surface area (Å²) in [5.74, 6) is -18.5. The number of unbranched alkanes of at least 4 members (excludes halogenated alkanes) is 1. The molecule has 2 aliphatic heterocycles. The molecule has 0 bridgehead atoms. The zero-order valence-electron chi connectivity index (χ0n) is 55.0. The molecule has 95 heavy (non-hydrogen) atoms. The molecule has 36 heteroatoms.